The predicted octanol–water partition coefficient (Wildman–Crippen LogP) is -2.43. The molecule has 0 saturated carbocycles. The second-order valence-electron chi connectivity index (χ2n) is 8.14. The normalized spacial score (nSPS) is 19.0. The van der Waals surface area contributed by atoms with Gasteiger partial charge in [-0.15, -0.1) is 0 Å². The van der Waals surface area contributed by atoms with E-state index in [1.54, 1.807) is 0 Å². The van der Waals surface area contributed by atoms with Gasteiger partial charge in [-0.1, -0.05) is 0 Å². The Morgan fingerprint density at radius 1 is 1.24 bits per heavy atom. The molecule has 188 valence electrons. The smallest absolute Gasteiger partial charge is 0.326 e. The molecule has 0 radical (unpaired) electrons. The molecule has 1 aliphatic heterocycles. The molecule has 14 heteroatoms. The summed E-state index contributed by atoms with van der Waals surface area (Å²) in [5.74, 6) is -4.83. The van der Waals surface area contributed by atoms with E-state index >= 15 is 0 Å². The van der Waals surface area contributed by atoms with Crippen LogP contribution in [0.25, 0.3) is 0 Å². The van der Waals surface area contributed by atoms with Gasteiger partial charge in [-0.25, -0.2) is 9.78 Å². The summed E-state index contributed by atoms with van der Waals surface area (Å²) in [5, 5.41) is 33.2. The highest BCUT2D eigenvalue weighted by Crippen LogP contribution is 2.19. The molecule has 14 nitrogen and oxygen atoms in total. The van der Waals surface area contributed by atoms with E-state index in [4.69, 9.17) is 10.8 Å². The molecule has 1 aromatic rings. The molecule has 1 fully saturated rings. The number of rotatable bonds is 12. The molecule has 3 amide bonds. The standard InChI is InChI=1S/C20H30N6O8/c1-10(27)16(19(32)26-6-2-3-14(26)20(33)34)25-18(31)13(4-5-15(28)29)24-17(30)12(21)7-11-8-22-9-23-11/h8-10,12-14,16,27H,2-7,21H2,1H3,(H,22,23)(H,24,30)(H,25,31)(H,28,29)(H,33,34). The van der Waals surface area contributed by atoms with Gasteiger partial charge in [0.2, 0.25) is 17.7 Å². The lowest BCUT2D eigenvalue weighted by atomic mass is 10.1. The molecule has 0 spiro atoms. The van der Waals surface area contributed by atoms with Crippen molar-refractivity contribution in [1.29, 1.82) is 0 Å². The second-order valence-corrected chi connectivity index (χ2v) is 8.14. The average Bonchev–Trinajstić information content (AvgIpc) is 3.45. The van der Waals surface area contributed by atoms with Gasteiger partial charge in [0.15, 0.2) is 0 Å². The SMILES string of the molecule is CC(O)C(NC(=O)C(CCC(=O)O)NC(=O)C(N)Cc1cnc[nH]1)C(=O)N1CCCC1C(=O)O. The zero-order valence-corrected chi connectivity index (χ0v) is 18.6. The number of likely N-dealkylation sites (tertiary alicyclic amines) is 1. The maximum atomic E-state index is 12.9. The number of carbonyl (C=O) groups excluding carboxylic acids is 3. The van der Waals surface area contributed by atoms with Gasteiger partial charge in [-0.3, -0.25) is 19.2 Å². The third-order valence-electron chi connectivity index (χ3n) is 5.48. The second kappa shape index (κ2) is 12.1. The van der Waals surface area contributed by atoms with Crippen molar-refractivity contribution in [1.82, 2.24) is 25.5 Å². The average molecular weight is 482 g/mol. The highest BCUT2D eigenvalue weighted by molar-refractivity contribution is 5.94. The maximum Gasteiger partial charge on any atom is 0.326 e. The molecule has 2 heterocycles. The number of imidazole rings is 1. The van der Waals surface area contributed by atoms with Gasteiger partial charge in [0.05, 0.1) is 18.5 Å². The van der Waals surface area contributed by atoms with Crippen LogP contribution >= 0.6 is 0 Å². The molecule has 1 saturated heterocycles. The number of hydrogen-bond donors (Lipinski definition) is 7. The van der Waals surface area contributed by atoms with Gasteiger partial charge in [0.1, 0.15) is 18.1 Å². The Morgan fingerprint density at radius 2 is 1.94 bits per heavy atom. The van der Waals surface area contributed by atoms with Crippen LogP contribution in [0.5, 0.6) is 0 Å². The number of carbonyl (C=O) groups is 5. The van der Waals surface area contributed by atoms with Crippen LogP contribution in [0.2, 0.25) is 0 Å². The molecule has 34 heavy (non-hydrogen) atoms. The third kappa shape index (κ3) is 7.25. The fraction of sp³-hybridized carbons (Fsp3) is 0.600. The van der Waals surface area contributed by atoms with Crippen molar-refractivity contribution in [2.24, 2.45) is 5.73 Å². The predicted molar refractivity (Wildman–Crippen MR) is 115 cm³/mol. The largest absolute Gasteiger partial charge is 0.481 e. The monoisotopic (exact) mass is 482 g/mol. The van der Waals surface area contributed by atoms with E-state index in [2.05, 4.69) is 20.6 Å². The number of carboxylic acid groups (broad SMARTS) is 2. The summed E-state index contributed by atoms with van der Waals surface area (Å²) in [6.07, 6.45) is 1.52. The molecule has 1 aromatic heterocycles. The molecule has 5 unspecified atom stereocenters. The first kappa shape index (κ1) is 26.7. The Hall–Kier alpha value is -3.52. The van der Waals surface area contributed by atoms with Crippen molar-refractivity contribution < 1.29 is 39.3 Å². The molecule has 0 bridgehead atoms. The Bertz CT molecular complexity index is 890. The highest BCUT2D eigenvalue weighted by atomic mass is 16.4. The molecule has 5 atom stereocenters. The van der Waals surface area contributed by atoms with Crippen LogP contribution in [0.15, 0.2) is 12.5 Å². The maximum absolute atomic E-state index is 12.9. The van der Waals surface area contributed by atoms with Gasteiger partial charge < -0.3 is 41.6 Å². The minimum absolute atomic E-state index is 0.0828. The van der Waals surface area contributed by atoms with Crippen molar-refractivity contribution in [2.75, 3.05) is 6.54 Å². The van der Waals surface area contributed by atoms with Crippen molar-refractivity contribution in [3.63, 3.8) is 0 Å². The summed E-state index contributed by atoms with van der Waals surface area (Å²) in [5.41, 5.74) is 6.45. The number of H-pyrrole nitrogens is 1. The van der Waals surface area contributed by atoms with Crippen LogP contribution in [0.3, 0.4) is 0 Å². The number of carboxylic acids is 2. The summed E-state index contributed by atoms with van der Waals surface area (Å²) < 4.78 is 0. The molecule has 1 aliphatic rings. The Labute approximate surface area is 194 Å². The summed E-state index contributed by atoms with van der Waals surface area (Å²) in [6.45, 7) is 1.40. The summed E-state index contributed by atoms with van der Waals surface area (Å²) in [4.78, 5) is 68.5. The van der Waals surface area contributed by atoms with E-state index < -0.39 is 66.4 Å². The van der Waals surface area contributed by atoms with Crippen LogP contribution < -0.4 is 16.4 Å². The van der Waals surface area contributed by atoms with Crippen LogP contribution in [-0.2, 0) is 30.4 Å². The number of aliphatic carboxylic acids is 2. The number of aliphatic hydroxyl groups is 1. The van der Waals surface area contributed by atoms with Crippen molar-refractivity contribution >= 4 is 29.7 Å². The minimum Gasteiger partial charge on any atom is -0.481 e. The first-order valence-electron chi connectivity index (χ1n) is 10.8. The Kier molecular flexibility index (Phi) is 9.50. The Balaban J connectivity index is 2.11. The fourth-order valence-electron chi connectivity index (χ4n) is 3.65. The number of aliphatic hydroxyl groups excluding tert-OH is 1. The van der Waals surface area contributed by atoms with Crippen LogP contribution in [-0.4, -0.2) is 96.7 Å². The number of nitrogens with zero attached hydrogens (tertiary/aromatic N) is 2. The first-order chi connectivity index (χ1) is 16.0. The van der Waals surface area contributed by atoms with Crippen LogP contribution in [0, 0.1) is 0 Å². The lowest BCUT2D eigenvalue weighted by Crippen LogP contribution is -2.60. The fourth-order valence-corrected chi connectivity index (χ4v) is 3.65. The summed E-state index contributed by atoms with van der Waals surface area (Å²) >= 11 is 0. The summed E-state index contributed by atoms with van der Waals surface area (Å²) in [7, 11) is 0. The highest BCUT2D eigenvalue weighted by Gasteiger charge is 2.40. The van der Waals surface area contributed by atoms with E-state index in [1.165, 1.54) is 19.4 Å². The van der Waals surface area contributed by atoms with E-state index in [1.807, 2.05) is 0 Å². The molecule has 8 N–H and O–H groups in total. The molecular weight excluding hydrogens is 452 g/mol. The van der Waals surface area contributed by atoms with Crippen molar-refractivity contribution in [3.05, 3.63) is 18.2 Å². The van der Waals surface area contributed by atoms with Gasteiger partial charge in [-0.05, 0) is 26.2 Å². The molecular formula is C20H30N6O8. The van der Waals surface area contributed by atoms with Crippen LogP contribution in [0.1, 0.15) is 38.3 Å². The lowest BCUT2D eigenvalue weighted by molar-refractivity contribution is -0.150. The van der Waals surface area contributed by atoms with Crippen molar-refractivity contribution in [2.45, 2.75) is 69.3 Å². The van der Waals surface area contributed by atoms with Gasteiger partial charge in [0.25, 0.3) is 0 Å². The van der Waals surface area contributed by atoms with E-state index in [0.29, 0.717) is 12.1 Å². The zero-order valence-electron chi connectivity index (χ0n) is 18.6. The number of hydrogen-bond acceptors (Lipinski definition) is 8. The number of nitrogens with two attached hydrogens (primary N) is 1. The molecule has 0 aromatic carbocycles. The molecule has 0 aliphatic carbocycles. The van der Waals surface area contributed by atoms with Crippen LogP contribution in [0.4, 0.5) is 0 Å². The van der Waals surface area contributed by atoms with E-state index in [0.717, 1.165) is 4.90 Å². The van der Waals surface area contributed by atoms with Crippen molar-refractivity contribution in [3.8, 4) is 0 Å². The van der Waals surface area contributed by atoms with E-state index in [-0.39, 0.29) is 25.8 Å². The number of aromatic nitrogens is 2. The van der Waals surface area contributed by atoms with E-state index in [9.17, 15) is 34.2 Å². The number of nitrogens with one attached hydrogen (secondary N) is 3. The zero-order chi connectivity index (χ0) is 25.4. The van der Waals surface area contributed by atoms with Gasteiger partial charge in [0, 0.05) is 31.3 Å². The summed E-state index contributed by atoms with van der Waals surface area (Å²) in [6, 6.07) is -5.00. The number of amides is 3. The lowest BCUT2D eigenvalue weighted by Gasteiger charge is -2.30. The topological polar surface area (TPSA) is 228 Å². The third-order valence-corrected chi connectivity index (χ3v) is 5.48. The minimum atomic E-state index is -1.49. The quantitative estimate of drug-likeness (QED) is 0.166. The van der Waals surface area contributed by atoms with Gasteiger partial charge in [-0.2, -0.15) is 0 Å². The van der Waals surface area contributed by atoms with Gasteiger partial charge >= 0.3 is 11.9 Å². The Morgan fingerprint density at radius 3 is 2.50 bits per heavy atom. The molecule has 2 rings (SSSR count). The number of aromatic amines is 1. The first-order valence-corrected chi connectivity index (χ1v) is 10.8.